The Kier molecular flexibility index (Phi) is 3.74. The molecule has 3 rings (SSSR count). The summed E-state index contributed by atoms with van der Waals surface area (Å²) in [4.78, 5) is 29.7. The second-order valence-corrected chi connectivity index (χ2v) is 7.55. The number of nitrogens with zero attached hydrogens (tertiary/aromatic N) is 2. The maximum Gasteiger partial charge on any atom is 0.246 e. The van der Waals surface area contributed by atoms with Crippen LogP contribution in [0.3, 0.4) is 0 Å². The van der Waals surface area contributed by atoms with E-state index >= 15 is 0 Å². The van der Waals surface area contributed by atoms with Crippen molar-refractivity contribution in [1.29, 1.82) is 0 Å². The lowest BCUT2D eigenvalue weighted by atomic mass is 9.89. The first-order chi connectivity index (χ1) is 9.99. The molecule has 4 heteroatoms. The third kappa shape index (κ3) is 2.47. The van der Waals surface area contributed by atoms with Gasteiger partial charge in [-0.25, -0.2) is 0 Å². The number of hydrogen-bond acceptors (Lipinski definition) is 2. The highest BCUT2D eigenvalue weighted by Gasteiger charge is 2.51. The van der Waals surface area contributed by atoms with Crippen LogP contribution < -0.4 is 0 Å². The Morgan fingerprint density at radius 3 is 2.48 bits per heavy atom. The van der Waals surface area contributed by atoms with Crippen molar-refractivity contribution in [3.63, 3.8) is 0 Å². The molecule has 0 aromatic heterocycles. The quantitative estimate of drug-likeness (QED) is 0.798. The lowest BCUT2D eigenvalue weighted by Gasteiger charge is -2.49. The van der Waals surface area contributed by atoms with E-state index in [4.69, 9.17) is 0 Å². The predicted molar refractivity (Wildman–Crippen MR) is 81.6 cm³/mol. The molecule has 2 unspecified atom stereocenters. The second kappa shape index (κ2) is 5.29. The Balaban J connectivity index is 1.87. The SMILES string of the molecule is CCC1(CN2C(=O)C3CCCCN3C(=O)C2C(C)C)CC1. The van der Waals surface area contributed by atoms with E-state index in [2.05, 4.69) is 20.8 Å². The molecule has 118 valence electrons. The summed E-state index contributed by atoms with van der Waals surface area (Å²) in [5.41, 5.74) is 0.305. The Labute approximate surface area is 127 Å². The molecule has 4 nitrogen and oxygen atoms in total. The first-order valence-electron chi connectivity index (χ1n) is 8.60. The standard InChI is InChI=1S/C17H28N2O2/c1-4-17(8-9-17)11-19-14(12(2)3)16(21)18-10-6-5-7-13(18)15(19)20/h12-14H,4-11H2,1-3H3. The topological polar surface area (TPSA) is 40.6 Å². The van der Waals surface area contributed by atoms with Crippen LogP contribution >= 0.6 is 0 Å². The van der Waals surface area contributed by atoms with Crippen LogP contribution in [0.1, 0.15) is 59.3 Å². The van der Waals surface area contributed by atoms with Crippen molar-refractivity contribution >= 4 is 11.8 Å². The van der Waals surface area contributed by atoms with Gasteiger partial charge in [0, 0.05) is 13.1 Å². The maximum atomic E-state index is 13.0. The Morgan fingerprint density at radius 2 is 1.90 bits per heavy atom. The smallest absolute Gasteiger partial charge is 0.246 e. The molecule has 2 aliphatic heterocycles. The second-order valence-electron chi connectivity index (χ2n) is 7.55. The molecule has 0 aromatic carbocycles. The van der Waals surface area contributed by atoms with E-state index in [1.54, 1.807) is 0 Å². The molecule has 2 amide bonds. The average molecular weight is 292 g/mol. The largest absolute Gasteiger partial charge is 0.329 e. The average Bonchev–Trinajstić information content (AvgIpc) is 3.24. The van der Waals surface area contributed by atoms with Crippen molar-refractivity contribution in [3.8, 4) is 0 Å². The third-order valence-electron chi connectivity index (χ3n) is 5.79. The van der Waals surface area contributed by atoms with Crippen LogP contribution in [0.5, 0.6) is 0 Å². The number of amides is 2. The molecule has 0 aromatic rings. The molecule has 2 atom stereocenters. The lowest BCUT2D eigenvalue weighted by molar-refractivity contribution is -0.166. The van der Waals surface area contributed by atoms with Gasteiger partial charge in [-0.05, 0) is 49.9 Å². The van der Waals surface area contributed by atoms with Crippen LogP contribution in [0.2, 0.25) is 0 Å². The zero-order chi connectivity index (χ0) is 15.2. The molecule has 0 spiro atoms. The van der Waals surface area contributed by atoms with Gasteiger partial charge in [-0.2, -0.15) is 0 Å². The number of fused-ring (bicyclic) bond motifs is 1. The van der Waals surface area contributed by atoms with Crippen LogP contribution in [0, 0.1) is 11.3 Å². The normalized spacial score (nSPS) is 31.6. The molecule has 0 radical (unpaired) electrons. The molecular weight excluding hydrogens is 264 g/mol. The molecule has 21 heavy (non-hydrogen) atoms. The summed E-state index contributed by atoms with van der Waals surface area (Å²) in [5, 5.41) is 0. The van der Waals surface area contributed by atoms with Crippen LogP contribution in [-0.2, 0) is 9.59 Å². The summed E-state index contributed by atoms with van der Waals surface area (Å²) in [6.07, 6.45) is 6.50. The monoisotopic (exact) mass is 292 g/mol. The van der Waals surface area contributed by atoms with Crippen LogP contribution in [0.15, 0.2) is 0 Å². The molecule has 0 N–H and O–H groups in total. The molecule has 1 aliphatic carbocycles. The Bertz CT molecular complexity index is 442. The van der Waals surface area contributed by atoms with Gasteiger partial charge < -0.3 is 9.80 Å². The van der Waals surface area contributed by atoms with Gasteiger partial charge in [0.25, 0.3) is 0 Å². The summed E-state index contributed by atoms with van der Waals surface area (Å²) in [6.45, 7) is 7.91. The van der Waals surface area contributed by atoms with Crippen LogP contribution in [-0.4, -0.2) is 46.8 Å². The van der Waals surface area contributed by atoms with E-state index in [0.29, 0.717) is 5.41 Å². The first-order valence-corrected chi connectivity index (χ1v) is 8.60. The van der Waals surface area contributed by atoms with Gasteiger partial charge >= 0.3 is 0 Å². The zero-order valence-electron chi connectivity index (χ0n) is 13.6. The van der Waals surface area contributed by atoms with E-state index in [9.17, 15) is 9.59 Å². The highest BCUT2D eigenvalue weighted by atomic mass is 16.2. The van der Waals surface area contributed by atoms with Crippen molar-refractivity contribution in [1.82, 2.24) is 9.80 Å². The molecule has 3 aliphatic rings. The van der Waals surface area contributed by atoms with Gasteiger partial charge in [0.15, 0.2) is 0 Å². The fraction of sp³-hybridized carbons (Fsp3) is 0.882. The fourth-order valence-electron chi connectivity index (χ4n) is 4.07. The molecule has 1 saturated carbocycles. The van der Waals surface area contributed by atoms with Gasteiger partial charge in [-0.1, -0.05) is 20.8 Å². The minimum absolute atomic E-state index is 0.172. The van der Waals surface area contributed by atoms with Gasteiger partial charge in [0.1, 0.15) is 12.1 Å². The first kappa shape index (κ1) is 14.9. The molecule has 2 saturated heterocycles. The van der Waals surface area contributed by atoms with Gasteiger partial charge in [0.2, 0.25) is 11.8 Å². The summed E-state index contributed by atoms with van der Waals surface area (Å²) >= 11 is 0. The zero-order valence-corrected chi connectivity index (χ0v) is 13.6. The van der Waals surface area contributed by atoms with Crippen molar-refractivity contribution in [2.75, 3.05) is 13.1 Å². The van der Waals surface area contributed by atoms with E-state index < -0.39 is 0 Å². The van der Waals surface area contributed by atoms with E-state index in [1.807, 2.05) is 9.80 Å². The fourth-order valence-corrected chi connectivity index (χ4v) is 4.07. The summed E-state index contributed by atoms with van der Waals surface area (Å²) < 4.78 is 0. The molecule has 3 fully saturated rings. The van der Waals surface area contributed by atoms with Crippen molar-refractivity contribution < 1.29 is 9.59 Å². The summed E-state index contributed by atoms with van der Waals surface area (Å²) in [5.74, 6) is 0.603. The van der Waals surface area contributed by atoms with E-state index in [-0.39, 0.29) is 29.8 Å². The van der Waals surface area contributed by atoms with Gasteiger partial charge in [-0.15, -0.1) is 0 Å². The third-order valence-corrected chi connectivity index (χ3v) is 5.79. The van der Waals surface area contributed by atoms with Crippen molar-refractivity contribution in [2.45, 2.75) is 71.4 Å². The van der Waals surface area contributed by atoms with E-state index in [1.165, 1.54) is 12.8 Å². The number of carbonyl (C=O) groups is 2. The number of piperidine rings is 1. The number of hydrogen-bond donors (Lipinski definition) is 0. The van der Waals surface area contributed by atoms with Crippen molar-refractivity contribution in [2.24, 2.45) is 11.3 Å². The highest BCUT2D eigenvalue weighted by Crippen LogP contribution is 2.50. The Hall–Kier alpha value is -1.06. The molecule has 0 bridgehead atoms. The van der Waals surface area contributed by atoms with Gasteiger partial charge in [-0.3, -0.25) is 9.59 Å². The van der Waals surface area contributed by atoms with Gasteiger partial charge in [0.05, 0.1) is 0 Å². The lowest BCUT2D eigenvalue weighted by Crippen LogP contribution is -2.67. The molecule has 2 heterocycles. The minimum Gasteiger partial charge on any atom is -0.329 e. The predicted octanol–water partition coefficient (Wildman–Crippen LogP) is 2.42. The minimum atomic E-state index is -0.240. The number of piperazine rings is 1. The number of carbonyl (C=O) groups excluding carboxylic acids is 2. The Morgan fingerprint density at radius 1 is 1.19 bits per heavy atom. The highest BCUT2D eigenvalue weighted by molar-refractivity contribution is 5.97. The maximum absolute atomic E-state index is 13.0. The van der Waals surface area contributed by atoms with Crippen LogP contribution in [0.25, 0.3) is 0 Å². The molecular formula is C17H28N2O2. The van der Waals surface area contributed by atoms with Crippen LogP contribution in [0.4, 0.5) is 0 Å². The summed E-state index contributed by atoms with van der Waals surface area (Å²) in [7, 11) is 0. The van der Waals surface area contributed by atoms with E-state index in [0.717, 1.165) is 38.8 Å². The number of rotatable bonds is 4. The van der Waals surface area contributed by atoms with Crippen molar-refractivity contribution in [3.05, 3.63) is 0 Å². The summed E-state index contributed by atoms with van der Waals surface area (Å²) in [6, 6.07) is -0.412.